The fraction of sp³-hybridized carbons (Fsp3) is 0.278. The average molecular weight is 300 g/mol. The van der Waals surface area contributed by atoms with E-state index in [0.717, 1.165) is 35.2 Å². The molecular formula is C18H21FN2O. The third-order valence-corrected chi connectivity index (χ3v) is 3.60. The van der Waals surface area contributed by atoms with Crippen molar-refractivity contribution in [3.63, 3.8) is 0 Å². The maximum atomic E-state index is 12.8. The molecule has 0 spiro atoms. The first-order valence-corrected chi connectivity index (χ1v) is 7.54. The van der Waals surface area contributed by atoms with E-state index in [4.69, 9.17) is 0 Å². The maximum absolute atomic E-state index is 12.8. The SMILES string of the molecule is CCc1cccc(CC)c1NC(=O)NCc1ccc(F)cc1. The molecule has 2 aromatic carbocycles. The number of carbonyl (C=O) groups excluding carboxylic acids is 1. The Balaban J connectivity index is 2.01. The molecule has 0 unspecified atom stereocenters. The van der Waals surface area contributed by atoms with Crippen molar-refractivity contribution in [2.75, 3.05) is 5.32 Å². The van der Waals surface area contributed by atoms with Crippen LogP contribution < -0.4 is 10.6 Å². The second-order valence-electron chi connectivity index (χ2n) is 5.09. The molecule has 2 aromatic rings. The van der Waals surface area contributed by atoms with Gasteiger partial charge in [0.15, 0.2) is 0 Å². The highest BCUT2D eigenvalue weighted by Gasteiger charge is 2.09. The number of amides is 2. The van der Waals surface area contributed by atoms with Crippen molar-refractivity contribution in [1.29, 1.82) is 0 Å². The molecule has 0 radical (unpaired) electrons. The predicted octanol–water partition coefficient (Wildman–Crippen LogP) is 4.27. The fourth-order valence-corrected chi connectivity index (χ4v) is 2.35. The molecule has 4 heteroatoms. The van der Waals surface area contributed by atoms with Gasteiger partial charge in [-0.1, -0.05) is 44.2 Å². The molecule has 2 rings (SSSR count). The molecule has 116 valence electrons. The van der Waals surface area contributed by atoms with Crippen LogP contribution >= 0.6 is 0 Å². The van der Waals surface area contributed by atoms with Crippen LogP contribution in [0.25, 0.3) is 0 Å². The molecule has 0 atom stereocenters. The minimum absolute atomic E-state index is 0.250. The van der Waals surface area contributed by atoms with Gasteiger partial charge in [-0.3, -0.25) is 0 Å². The summed E-state index contributed by atoms with van der Waals surface area (Å²) >= 11 is 0. The van der Waals surface area contributed by atoms with Crippen molar-refractivity contribution in [2.45, 2.75) is 33.2 Å². The lowest BCUT2D eigenvalue weighted by atomic mass is 10.0. The molecule has 3 nitrogen and oxygen atoms in total. The third-order valence-electron chi connectivity index (χ3n) is 3.60. The number of para-hydroxylation sites is 1. The van der Waals surface area contributed by atoms with Crippen molar-refractivity contribution in [1.82, 2.24) is 5.32 Å². The largest absolute Gasteiger partial charge is 0.334 e. The van der Waals surface area contributed by atoms with Crippen LogP contribution in [0.15, 0.2) is 42.5 Å². The number of nitrogens with one attached hydrogen (secondary N) is 2. The van der Waals surface area contributed by atoms with Crippen LogP contribution in [0.2, 0.25) is 0 Å². The van der Waals surface area contributed by atoms with Gasteiger partial charge >= 0.3 is 6.03 Å². The average Bonchev–Trinajstić information content (AvgIpc) is 2.54. The monoisotopic (exact) mass is 300 g/mol. The van der Waals surface area contributed by atoms with Crippen molar-refractivity contribution < 1.29 is 9.18 Å². The van der Waals surface area contributed by atoms with E-state index in [-0.39, 0.29) is 11.8 Å². The Morgan fingerprint density at radius 3 is 2.14 bits per heavy atom. The Bertz CT molecular complexity index is 616. The van der Waals surface area contributed by atoms with Gasteiger partial charge in [0.2, 0.25) is 0 Å². The summed E-state index contributed by atoms with van der Waals surface area (Å²) < 4.78 is 12.8. The Morgan fingerprint density at radius 1 is 1.00 bits per heavy atom. The summed E-state index contributed by atoms with van der Waals surface area (Å²) in [6.07, 6.45) is 1.73. The van der Waals surface area contributed by atoms with Gasteiger partial charge in [-0.05, 0) is 41.7 Å². The van der Waals surface area contributed by atoms with Crippen molar-refractivity contribution in [2.24, 2.45) is 0 Å². The van der Waals surface area contributed by atoms with Crippen LogP contribution in [0.5, 0.6) is 0 Å². The molecule has 0 bridgehead atoms. The Labute approximate surface area is 130 Å². The normalized spacial score (nSPS) is 10.3. The molecule has 0 aliphatic heterocycles. The zero-order valence-electron chi connectivity index (χ0n) is 12.9. The number of rotatable bonds is 5. The molecule has 22 heavy (non-hydrogen) atoms. The first-order chi connectivity index (χ1) is 10.6. The number of hydrogen-bond acceptors (Lipinski definition) is 1. The molecule has 2 N–H and O–H groups in total. The summed E-state index contributed by atoms with van der Waals surface area (Å²) in [6.45, 7) is 4.49. The minimum Gasteiger partial charge on any atom is -0.334 e. The van der Waals surface area contributed by atoms with E-state index in [1.165, 1.54) is 12.1 Å². The van der Waals surface area contributed by atoms with Gasteiger partial charge in [-0.2, -0.15) is 0 Å². The number of hydrogen-bond donors (Lipinski definition) is 2. The van der Waals surface area contributed by atoms with Gasteiger partial charge in [0.25, 0.3) is 0 Å². The van der Waals surface area contributed by atoms with Crippen LogP contribution in [0, 0.1) is 5.82 Å². The lowest BCUT2D eigenvalue weighted by molar-refractivity contribution is 0.251. The Kier molecular flexibility index (Phi) is 5.53. The summed E-state index contributed by atoms with van der Waals surface area (Å²) in [7, 11) is 0. The summed E-state index contributed by atoms with van der Waals surface area (Å²) in [5, 5.41) is 5.74. The fourth-order valence-electron chi connectivity index (χ4n) is 2.35. The lowest BCUT2D eigenvalue weighted by Crippen LogP contribution is -2.29. The molecule has 0 saturated carbocycles. The van der Waals surface area contributed by atoms with Crippen LogP contribution in [0.4, 0.5) is 14.9 Å². The van der Waals surface area contributed by atoms with Crippen LogP contribution in [0.1, 0.15) is 30.5 Å². The third kappa shape index (κ3) is 4.07. The van der Waals surface area contributed by atoms with Crippen molar-refractivity contribution in [3.8, 4) is 0 Å². The van der Waals surface area contributed by atoms with Crippen LogP contribution in [0.3, 0.4) is 0 Å². The van der Waals surface area contributed by atoms with Crippen molar-refractivity contribution >= 4 is 11.7 Å². The highest BCUT2D eigenvalue weighted by molar-refractivity contribution is 5.91. The zero-order valence-corrected chi connectivity index (χ0v) is 12.9. The molecule has 2 amide bonds. The molecular weight excluding hydrogens is 279 g/mol. The number of aryl methyl sites for hydroxylation is 2. The highest BCUT2D eigenvalue weighted by Crippen LogP contribution is 2.22. The molecule has 0 saturated heterocycles. The van der Waals surface area contributed by atoms with Crippen LogP contribution in [-0.2, 0) is 19.4 Å². The second kappa shape index (κ2) is 7.59. The van der Waals surface area contributed by atoms with E-state index in [1.54, 1.807) is 12.1 Å². The highest BCUT2D eigenvalue weighted by atomic mass is 19.1. The predicted molar refractivity (Wildman–Crippen MR) is 87.5 cm³/mol. The smallest absolute Gasteiger partial charge is 0.319 e. The zero-order chi connectivity index (χ0) is 15.9. The molecule has 0 aromatic heterocycles. The van der Waals surface area contributed by atoms with E-state index < -0.39 is 0 Å². The van der Waals surface area contributed by atoms with Gasteiger partial charge in [-0.25, -0.2) is 9.18 Å². The van der Waals surface area contributed by atoms with Crippen LogP contribution in [-0.4, -0.2) is 6.03 Å². The van der Waals surface area contributed by atoms with E-state index >= 15 is 0 Å². The number of halogens is 1. The maximum Gasteiger partial charge on any atom is 0.319 e. The van der Waals surface area contributed by atoms with Gasteiger partial charge in [0, 0.05) is 12.2 Å². The first-order valence-electron chi connectivity index (χ1n) is 7.54. The summed E-state index contributed by atoms with van der Waals surface area (Å²) in [5.41, 5.74) is 3.99. The molecule has 0 aliphatic carbocycles. The summed E-state index contributed by atoms with van der Waals surface area (Å²) in [5.74, 6) is -0.280. The second-order valence-corrected chi connectivity index (χ2v) is 5.09. The molecule has 0 heterocycles. The quantitative estimate of drug-likeness (QED) is 0.850. The van der Waals surface area contributed by atoms with Gasteiger partial charge in [0.05, 0.1) is 0 Å². The van der Waals surface area contributed by atoms with Gasteiger partial charge < -0.3 is 10.6 Å². The number of benzene rings is 2. The first kappa shape index (κ1) is 16.0. The topological polar surface area (TPSA) is 41.1 Å². The number of anilines is 1. The minimum atomic E-state index is -0.280. The van der Waals surface area contributed by atoms with Gasteiger partial charge in [0.1, 0.15) is 5.82 Å². The standard InChI is InChI=1S/C18H21FN2O/c1-3-14-6-5-7-15(4-2)17(14)21-18(22)20-12-13-8-10-16(19)11-9-13/h5-11H,3-4,12H2,1-2H3,(H2,20,21,22). The van der Waals surface area contributed by atoms with E-state index in [0.29, 0.717) is 6.54 Å². The summed E-state index contributed by atoms with van der Waals surface area (Å²) in [6, 6.07) is 11.9. The van der Waals surface area contributed by atoms with E-state index in [1.807, 2.05) is 18.2 Å². The lowest BCUT2D eigenvalue weighted by Gasteiger charge is -2.15. The number of carbonyl (C=O) groups is 1. The molecule has 0 aliphatic rings. The Hall–Kier alpha value is -2.36. The number of urea groups is 1. The summed E-state index contributed by atoms with van der Waals surface area (Å²) in [4.78, 5) is 12.1. The van der Waals surface area contributed by atoms with Gasteiger partial charge in [-0.15, -0.1) is 0 Å². The van der Waals surface area contributed by atoms with E-state index in [2.05, 4.69) is 24.5 Å². The van der Waals surface area contributed by atoms with E-state index in [9.17, 15) is 9.18 Å². The Morgan fingerprint density at radius 2 is 1.59 bits per heavy atom. The molecule has 0 fully saturated rings. The van der Waals surface area contributed by atoms with Crippen molar-refractivity contribution in [3.05, 3.63) is 65.0 Å².